The smallest absolute Gasteiger partial charge is 0.408 e. The number of rotatable bonds is 4. The highest BCUT2D eigenvalue weighted by molar-refractivity contribution is 5.71. The van der Waals surface area contributed by atoms with E-state index < -0.39 is 12.2 Å². The normalized spacial score (nSPS) is 13.5. The van der Waals surface area contributed by atoms with E-state index in [1.807, 2.05) is 34.6 Å². The van der Waals surface area contributed by atoms with Crippen molar-refractivity contribution in [3.63, 3.8) is 0 Å². The maximum atomic E-state index is 11.3. The Bertz CT molecular complexity index is 218. The Hall–Kier alpha value is -1.06. The van der Waals surface area contributed by atoms with Crippen molar-refractivity contribution in [2.45, 2.75) is 52.7 Å². The largest absolute Gasteiger partial charge is 0.439 e. The van der Waals surface area contributed by atoms with E-state index in [1.54, 1.807) is 0 Å². The van der Waals surface area contributed by atoms with Crippen molar-refractivity contribution in [3.05, 3.63) is 0 Å². The average molecular weight is 215 g/mol. The van der Waals surface area contributed by atoms with Crippen molar-refractivity contribution < 1.29 is 14.3 Å². The topological polar surface area (TPSA) is 55.4 Å². The zero-order chi connectivity index (χ0) is 12.1. The van der Waals surface area contributed by atoms with Gasteiger partial charge in [-0.25, -0.2) is 4.79 Å². The van der Waals surface area contributed by atoms with Crippen LogP contribution in [0.1, 0.15) is 41.0 Å². The van der Waals surface area contributed by atoms with Gasteiger partial charge in [-0.15, -0.1) is 0 Å². The number of ether oxygens (including phenoxy) is 1. The highest BCUT2D eigenvalue weighted by atomic mass is 16.6. The fraction of sp³-hybridized carbons (Fsp3) is 0.818. The second kappa shape index (κ2) is 5.73. The molecular weight excluding hydrogens is 194 g/mol. The van der Waals surface area contributed by atoms with E-state index in [-0.39, 0.29) is 5.54 Å². The Morgan fingerprint density at radius 1 is 1.40 bits per heavy atom. The summed E-state index contributed by atoms with van der Waals surface area (Å²) in [4.78, 5) is 22.0. The third-order valence-electron chi connectivity index (χ3n) is 1.59. The Kier molecular flexibility index (Phi) is 5.33. The molecule has 0 aliphatic heterocycles. The monoisotopic (exact) mass is 215 g/mol. The molecule has 0 aromatic carbocycles. The van der Waals surface area contributed by atoms with Gasteiger partial charge in [0.25, 0.3) is 0 Å². The van der Waals surface area contributed by atoms with Gasteiger partial charge in [0.1, 0.15) is 0 Å². The molecule has 0 bridgehead atoms. The molecule has 0 aliphatic rings. The highest BCUT2D eigenvalue weighted by Crippen LogP contribution is 2.07. The lowest BCUT2D eigenvalue weighted by Crippen LogP contribution is -2.42. The molecule has 0 spiro atoms. The minimum Gasteiger partial charge on any atom is -0.439 e. The van der Waals surface area contributed by atoms with Gasteiger partial charge in [-0.05, 0) is 33.1 Å². The van der Waals surface area contributed by atoms with Crippen LogP contribution in [0.25, 0.3) is 0 Å². The van der Waals surface area contributed by atoms with Crippen LogP contribution >= 0.6 is 0 Å². The molecule has 0 fully saturated rings. The summed E-state index contributed by atoms with van der Waals surface area (Å²) in [7, 11) is 0. The van der Waals surface area contributed by atoms with Crippen molar-refractivity contribution in [3.8, 4) is 0 Å². The van der Waals surface area contributed by atoms with E-state index in [9.17, 15) is 9.59 Å². The lowest BCUT2D eigenvalue weighted by atomic mass is 10.1. The lowest BCUT2D eigenvalue weighted by Gasteiger charge is -2.22. The van der Waals surface area contributed by atoms with Crippen molar-refractivity contribution in [1.29, 1.82) is 0 Å². The molecule has 1 amide bonds. The van der Waals surface area contributed by atoms with E-state index in [1.165, 1.54) is 0 Å². The van der Waals surface area contributed by atoms with Crippen molar-refractivity contribution in [2.75, 3.05) is 0 Å². The molecule has 4 nitrogen and oxygen atoms in total. The molecule has 0 aromatic heterocycles. The summed E-state index contributed by atoms with van der Waals surface area (Å²) in [6, 6.07) is 0. The quantitative estimate of drug-likeness (QED) is 0.731. The second-order valence-corrected chi connectivity index (χ2v) is 5.08. The molecule has 0 heterocycles. The molecule has 0 rings (SSSR count). The van der Waals surface area contributed by atoms with E-state index in [4.69, 9.17) is 4.74 Å². The summed E-state index contributed by atoms with van der Waals surface area (Å²) in [6.45, 7) is 9.51. The third kappa shape index (κ3) is 7.97. The fourth-order valence-electron chi connectivity index (χ4n) is 1.07. The van der Waals surface area contributed by atoms with Gasteiger partial charge in [-0.3, -0.25) is 4.79 Å². The zero-order valence-electron chi connectivity index (χ0n) is 10.2. The predicted molar refractivity (Wildman–Crippen MR) is 58.7 cm³/mol. The third-order valence-corrected chi connectivity index (χ3v) is 1.59. The van der Waals surface area contributed by atoms with Crippen LogP contribution < -0.4 is 5.32 Å². The molecule has 0 radical (unpaired) electrons. The van der Waals surface area contributed by atoms with Crippen molar-refractivity contribution in [1.82, 2.24) is 5.32 Å². The van der Waals surface area contributed by atoms with Gasteiger partial charge < -0.3 is 10.1 Å². The van der Waals surface area contributed by atoms with Crippen LogP contribution in [-0.4, -0.2) is 24.0 Å². The summed E-state index contributed by atoms with van der Waals surface area (Å²) in [5, 5.41) is 2.64. The minimum atomic E-state index is -0.646. The van der Waals surface area contributed by atoms with Crippen LogP contribution in [0.3, 0.4) is 0 Å². The summed E-state index contributed by atoms with van der Waals surface area (Å²) in [6.07, 6.45) is 0.0381. The Morgan fingerprint density at radius 2 is 1.93 bits per heavy atom. The van der Waals surface area contributed by atoms with Gasteiger partial charge in [0, 0.05) is 5.54 Å². The van der Waals surface area contributed by atoms with E-state index >= 15 is 0 Å². The van der Waals surface area contributed by atoms with Crippen LogP contribution in [0.2, 0.25) is 0 Å². The van der Waals surface area contributed by atoms with Gasteiger partial charge in [-0.1, -0.05) is 13.8 Å². The molecular formula is C11H21NO3. The summed E-state index contributed by atoms with van der Waals surface area (Å²) >= 11 is 0. The first-order valence-electron chi connectivity index (χ1n) is 5.18. The molecule has 88 valence electrons. The SMILES string of the molecule is CC(C)C[C@H](C=O)OC(=O)NC(C)(C)C. The first kappa shape index (κ1) is 13.9. The van der Waals surface area contributed by atoms with Crippen molar-refractivity contribution in [2.24, 2.45) is 5.92 Å². The number of carbonyl (C=O) groups is 2. The molecule has 0 unspecified atom stereocenters. The number of nitrogens with one attached hydrogen (secondary N) is 1. The van der Waals surface area contributed by atoms with E-state index in [0.717, 1.165) is 0 Å². The first-order chi connectivity index (χ1) is 6.74. The van der Waals surface area contributed by atoms with Crippen molar-refractivity contribution >= 4 is 12.4 Å². The van der Waals surface area contributed by atoms with E-state index in [2.05, 4.69) is 5.32 Å². The maximum Gasteiger partial charge on any atom is 0.408 e. The predicted octanol–water partition coefficient (Wildman–Crippen LogP) is 2.12. The number of hydrogen-bond donors (Lipinski definition) is 1. The fourth-order valence-corrected chi connectivity index (χ4v) is 1.07. The first-order valence-corrected chi connectivity index (χ1v) is 5.18. The molecule has 0 saturated heterocycles. The molecule has 1 atom stereocenters. The minimum absolute atomic E-state index is 0.322. The number of hydrogen-bond acceptors (Lipinski definition) is 3. The number of amides is 1. The van der Waals surface area contributed by atoms with Crippen LogP contribution in [0, 0.1) is 5.92 Å². The number of aldehydes is 1. The van der Waals surface area contributed by atoms with Gasteiger partial charge >= 0.3 is 6.09 Å². The Balaban J connectivity index is 4.08. The molecule has 1 N–H and O–H groups in total. The van der Waals surface area contributed by atoms with Crippen LogP contribution in [0.5, 0.6) is 0 Å². The second-order valence-electron chi connectivity index (χ2n) is 5.08. The summed E-state index contributed by atoms with van der Waals surface area (Å²) in [5.74, 6) is 0.322. The maximum absolute atomic E-state index is 11.3. The average Bonchev–Trinajstić information content (AvgIpc) is 1.98. The Labute approximate surface area is 91.4 Å². The van der Waals surface area contributed by atoms with Crippen LogP contribution in [-0.2, 0) is 9.53 Å². The van der Waals surface area contributed by atoms with Gasteiger partial charge in [0.2, 0.25) is 0 Å². The number of alkyl carbamates (subject to hydrolysis) is 1. The summed E-state index contributed by atoms with van der Waals surface area (Å²) in [5.41, 5.74) is -0.345. The zero-order valence-corrected chi connectivity index (χ0v) is 10.2. The molecule has 15 heavy (non-hydrogen) atoms. The van der Waals surface area contributed by atoms with E-state index in [0.29, 0.717) is 18.6 Å². The van der Waals surface area contributed by atoms with Gasteiger partial charge in [0.05, 0.1) is 0 Å². The standard InChI is InChI=1S/C11H21NO3/c1-8(2)6-9(7-13)15-10(14)12-11(3,4)5/h7-9H,6H2,1-5H3,(H,12,14)/t9-/m1/s1. The number of carbonyl (C=O) groups excluding carboxylic acids is 2. The lowest BCUT2D eigenvalue weighted by molar-refractivity contribution is -0.115. The van der Waals surface area contributed by atoms with Gasteiger partial charge in [-0.2, -0.15) is 0 Å². The van der Waals surface area contributed by atoms with Crippen LogP contribution in [0.15, 0.2) is 0 Å². The molecule has 0 aliphatic carbocycles. The van der Waals surface area contributed by atoms with Crippen LogP contribution in [0.4, 0.5) is 4.79 Å². The summed E-state index contributed by atoms with van der Waals surface area (Å²) < 4.78 is 4.97. The molecule has 4 heteroatoms. The molecule has 0 aromatic rings. The van der Waals surface area contributed by atoms with Gasteiger partial charge in [0.15, 0.2) is 12.4 Å². The Morgan fingerprint density at radius 3 is 2.27 bits per heavy atom. The molecule has 0 saturated carbocycles. The highest BCUT2D eigenvalue weighted by Gasteiger charge is 2.19.